The zero-order valence-electron chi connectivity index (χ0n) is 7.16. The summed E-state index contributed by atoms with van der Waals surface area (Å²) in [7, 11) is 0. The van der Waals surface area contributed by atoms with Gasteiger partial charge in [0, 0.05) is 6.04 Å². The lowest BCUT2D eigenvalue weighted by Crippen LogP contribution is -2.46. The van der Waals surface area contributed by atoms with Crippen molar-refractivity contribution < 1.29 is 9.13 Å². The first-order valence-corrected chi connectivity index (χ1v) is 4.32. The van der Waals surface area contributed by atoms with Crippen molar-refractivity contribution in [3.05, 3.63) is 24.3 Å². The van der Waals surface area contributed by atoms with Crippen LogP contribution in [-0.2, 0) is 0 Å². The SMILES string of the molecule is [18F]c1ccc(OC[C@@H]2CCN2)cn1. The van der Waals surface area contributed by atoms with Gasteiger partial charge in [-0.2, -0.15) is 4.39 Å². The van der Waals surface area contributed by atoms with Gasteiger partial charge in [-0.3, -0.25) is 0 Å². The third-order valence-electron chi connectivity index (χ3n) is 2.08. The topological polar surface area (TPSA) is 34.1 Å². The second-order valence-electron chi connectivity index (χ2n) is 3.07. The van der Waals surface area contributed by atoms with Crippen LogP contribution in [0.4, 0.5) is 4.39 Å². The standard InChI is InChI=1S/C9H11FN2O/c10-9-2-1-8(5-12-9)13-6-7-3-4-11-7/h1-2,5,7,11H,3-4,6H2/t7-/m0/s1/i10-1. The van der Waals surface area contributed by atoms with Crippen LogP contribution in [0.3, 0.4) is 0 Å². The second-order valence-corrected chi connectivity index (χ2v) is 3.07. The third kappa shape index (κ3) is 2.15. The Hall–Kier alpha value is -1.16. The first-order valence-electron chi connectivity index (χ1n) is 4.32. The van der Waals surface area contributed by atoms with E-state index in [1.807, 2.05) is 0 Å². The van der Waals surface area contributed by atoms with E-state index in [1.54, 1.807) is 6.07 Å². The molecule has 0 spiro atoms. The van der Waals surface area contributed by atoms with E-state index < -0.39 is 5.95 Å². The Morgan fingerprint density at radius 2 is 2.46 bits per heavy atom. The van der Waals surface area contributed by atoms with Crippen molar-refractivity contribution in [1.29, 1.82) is 0 Å². The first kappa shape index (κ1) is 8.44. The highest BCUT2D eigenvalue weighted by atomic mass is 18.2. The number of ether oxygens (including phenoxy) is 1. The van der Waals surface area contributed by atoms with Gasteiger partial charge in [0.2, 0.25) is 5.95 Å². The van der Waals surface area contributed by atoms with Crippen LogP contribution in [0.25, 0.3) is 0 Å². The molecule has 1 aliphatic rings. The molecule has 3 nitrogen and oxygen atoms in total. The zero-order chi connectivity index (χ0) is 9.10. The van der Waals surface area contributed by atoms with E-state index in [4.69, 9.17) is 4.74 Å². The minimum atomic E-state index is -0.478. The Morgan fingerprint density at radius 3 is 3.00 bits per heavy atom. The van der Waals surface area contributed by atoms with Crippen LogP contribution >= 0.6 is 0 Å². The molecule has 70 valence electrons. The molecule has 0 unspecified atom stereocenters. The van der Waals surface area contributed by atoms with Crippen LogP contribution < -0.4 is 10.1 Å². The number of aromatic nitrogens is 1. The summed E-state index contributed by atoms with van der Waals surface area (Å²) in [5, 5.41) is 3.21. The number of halogens is 1. The number of hydrogen-bond acceptors (Lipinski definition) is 3. The lowest BCUT2D eigenvalue weighted by atomic mass is 10.1. The van der Waals surface area contributed by atoms with Crippen molar-refractivity contribution in [1.82, 2.24) is 10.3 Å². The molecule has 1 N–H and O–H groups in total. The fourth-order valence-corrected chi connectivity index (χ4v) is 1.14. The van der Waals surface area contributed by atoms with Gasteiger partial charge in [0.25, 0.3) is 0 Å². The highest BCUT2D eigenvalue weighted by Gasteiger charge is 2.16. The Balaban J connectivity index is 1.83. The van der Waals surface area contributed by atoms with Gasteiger partial charge in [0.05, 0.1) is 6.20 Å². The zero-order valence-corrected chi connectivity index (χ0v) is 7.16. The van der Waals surface area contributed by atoms with Gasteiger partial charge in [0.15, 0.2) is 0 Å². The van der Waals surface area contributed by atoms with Gasteiger partial charge >= 0.3 is 0 Å². The molecule has 0 aliphatic carbocycles. The molecule has 2 heterocycles. The van der Waals surface area contributed by atoms with Crippen LogP contribution in [-0.4, -0.2) is 24.2 Å². The van der Waals surface area contributed by atoms with Crippen molar-refractivity contribution in [3.8, 4) is 5.75 Å². The molecule has 1 fully saturated rings. The Labute approximate surface area is 75.9 Å². The molecule has 1 saturated heterocycles. The summed E-state index contributed by atoms with van der Waals surface area (Å²) in [5.74, 6) is 0.143. The number of pyridine rings is 1. The lowest BCUT2D eigenvalue weighted by Gasteiger charge is -2.27. The number of nitrogens with zero attached hydrogens (tertiary/aromatic N) is 1. The highest BCUT2D eigenvalue weighted by Crippen LogP contribution is 2.10. The smallest absolute Gasteiger partial charge is 0.213 e. The molecule has 2 rings (SSSR count). The van der Waals surface area contributed by atoms with E-state index in [9.17, 15) is 4.39 Å². The van der Waals surface area contributed by atoms with Gasteiger partial charge in [-0.1, -0.05) is 0 Å². The molecular weight excluding hydrogens is 170 g/mol. The molecule has 0 aromatic carbocycles. The van der Waals surface area contributed by atoms with Gasteiger partial charge in [0.1, 0.15) is 12.4 Å². The first-order chi connectivity index (χ1) is 6.34. The second kappa shape index (κ2) is 3.70. The molecule has 4 heteroatoms. The van der Waals surface area contributed by atoms with Crippen molar-refractivity contribution in [3.63, 3.8) is 0 Å². The summed E-state index contributed by atoms with van der Waals surface area (Å²) in [5.41, 5.74) is 0. The van der Waals surface area contributed by atoms with Crippen LogP contribution in [0.15, 0.2) is 18.3 Å². The van der Waals surface area contributed by atoms with Crippen molar-refractivity contribution in [2.45, 2.75) is 12.5 Å². The number of nitrogens with one attached hydrogen (secondary N) is 1. The van der Waals surface area contributed by atoms with Crippen LogP contribution in [0.5, 0.6) is 5.75 Å². The van der Waals surface area contributed by atoms with Gasteiger partial charge in [-0.05, 0) is 25.1 Å². The number of rotatable bonds is 3. The maximum atomic E-state index is 12.4. The van der Waals surface area contributed by atoms with E-state index in [-0.39, 0.29) is 0 Å². The molecule has 0 radical (unpaired) electrons. The number of hydrogen-bond donors (Lipinski definition) is 1. The average Bonchev–Trinajstić information content (AvgIpc) is 2.05. The molecule has 0 saturated carbocycles. The largest absolute Gasteiger partial charge is 0.490 e. The van der Waals surface area contributed by atoms with Crippen LogP contribution in [0.1, 0.15) is 6.42 Å². The monoisotopic (exact) mass is 181 g/mol. The molecule has 0 amide bonds. The van der Waals surface area contributed by atoms with E-state index in [1.165, 1.54) is 12.3 Å². The average molecular weight is 181 g/mol. The Morgan fingerprint density at radius 1 is 1.62 bits per heavy atom. The predicted octanol–water partition coefficient (Wildman–Crippen LogP) is 0.961. The molecule has 1 aliphatic heterocycles. The molecule has 1 aromatic heterocycles. The summed E-state index contributed by atoms with van der Waals surface area (Å²) >= 11 is 0. The quantitative estimate of drug-likeness (QED) is 0.705. The van der Waals surface area contributed by atoms with Crippen LogP contribution in [0.2, 0.25) is 0 Å². The third-order valence-corrected chi connectivity index (χ3v) is 2.08. The van der Waals surface area contributed by atoms with E-state index >= 15 is 0 Å². The van der Waals surface area contributed by atoms with Crippen molar-refractivity contribution in [2.24, 2.45) is 0 Å². The van der Waals surface area contributed by atoms with E-state index in [0.29, 0.717) is 18.4 Å². The normalized spacial score (nSPS) is 20.8. The van der Waals surface area contributed by atoms with Crippen LogP contribution in [0, 0.1) is 5.95 Å². The van der Waals surface area contributed by atoms with E-state index in [0.717, 1.165) is 13.0 Å². The van der Waals surface area contributed by atoms with Gasteiger partial charge in [-0.15, -0.1) is 0 Å². The molecule has 1 atom stereocenters. The summed E-state index contributed by atoms with van der Waals surface area (Å²) in [4.78, 5) is 3.49. The summed E-state index contributed by atoms with van der Waals surface area (Å²) in [6.45, 7) is 1.70. The van der Waals surface area contributed by atoms with E-state index in [2.05, 4.69) is 10.3 Å². The maximum Gasteiger partial charge on any atom is 0.213 e. The lowest BCUT2D eigenvalue weighted by molar-refractivity contribution is 0.216. The predicted molar refractivity (Wildman–Crippen MR) is 46.1 cm³/mol. The molecule has 0 bridgehead atoms. The van der Waals surface area contributed by atoms with Gasteiger partial charge in [-0.25, -0.2) is 4.98 Å². The minimum absolute atomic E-state index is 0.449. The minimum Gasteiger partial charge on any atom is -0.490 e. The maximum absolute atomic E-state index is 12.4. The van der Waals surface area contributed by atoms with Crippen molar-refractivity contribution in [2.75, 3.05) is 13.2 Å². The molecule has 1 aromatic rings. The molecule has 13 heavy (non-hydrogen) atoms. The highest BCUT2D eigenvalue weighted by molar-refractivity contribution is 5.16. The van der Waals surface area contributed by atoms with Crippen molar-refractivity contribution >= 4 is 0 Å². The Kier molecular flexibility index (Phi) is 2.40. The fourth-order valence-electron chi connectivity index (χ4n) is 1.14. The molecular formula is C9H11FN2O. The summed E-state index contributed by atoms with van der Waals surface area (Å²) < 4.78 is 17.8. The summed E-state index contributed by atoms with van der Waals surface area (Å²) in [6, 6.07) is 3.33. The summed E-state index contributed by atoms with van der Waals surface area (Å²) in [6.07, 6.45) is 2.54. The van der Waals surface area contributed by atoms with Gasteiger partial charge < -0.3 is 10.1 Å². The Bertz CT molecular complexity index is 271. The fraction of sp³-hybridized carbons (Fsp3) is 0.444.